The topological polar surface area (TPSA) is 25.8 Å². The van der Waals surface area contributed by atoms with Crippen molar-refractivity contribution in [1.29, 1.82) is 0 Å². The van der Waals surface area contributed by atoms with Crippen LogP contribution in [0.4, 0.5) is 0 Å². The van der Waals surface area contributed by atoms with Gasteiger partial charge in [-0.1, -0.05) is 84.4 Å². The summed E-state index contributed by atoms with van der Waals surface area (Å²) in [6.07, 6.45) is 0. The standard InChI is InChI=1S/C23H18N2/c1-17-9-8-14-20(15-17)23-21(18-10-4-2-5-11-18)16-22(24-25-23)19-12-6-3-7-13-19/h2-16H,1H3. The summed E-state index contributed by atoms with van der Waals surface area (Å²) in [6.45, 7) is 2.09. The number of hydrogen-bond donors (Lipinski definition) is 0. The Balaban J connectivity index is 1.93. The number of aryl methyl sites for hydroxylation is 1. The monoisotopic (exact) mass is 322 g/mol. The van der Waals surface area contributed by atoms with Gasteiger partial charge in [0.2, 0.25) is 0 Å². The van der Waals surface area contributed by atoms with Gasteiger partial charge in [0.05, 0.1) is 5.69 Å². The third-order valence-corrected chi connectivity index (χ3v) is 4.24. The van der Waals surface area contributed by atoms with Crippen molar-refractivity contribution in [2.75, 3.05) is 0 Å². The Labute approximate surface area is 147 Å². The predicted octanol–water partition coefficient (Wildman–Crippen LogP) is 5.79. The Morgan fingerprint density at radius 3 is 1.88 bits per heavy atom. The zero-order valence-electron chi connectivity index (χ0n) is 14.1. The lowest BCUT2D eigenvalue weighted by atomic mass is 9.97. The van der Waals surface area contributed by atoms with Gasteiger partial charge >= 0.3 is 0 Å². The summed E-state index contributed by atoms with van der Waals surface area (Å²) in [7, 11) is 0. The minimum Gasteiger partial charge on any atom is -0.150 e. The summed E-state index contributed by atoms with van der Waals surface area (Å²) in [4.78, 5) is 0. The van der Waals surface area contributed by atoms with Crippen molar-refractivity contribution in [2.45, 2.75) is 6.92 Å². The lowest BCUT2D eigenvalue weighted by Crippen LogP contribution is -1.95. The van der Waals surface area contributed by atoms with Gasteiger partial charge in [-0.05, 0) is 24.6 Å². The summed E-state index contributed by atoms with van der Waals surface area (Å²) >= 11 is 0. The number of nitrogens with zero attached hydrogens (tertiary/aromatic N) is 2. The number of aromatic nitrogens is 2. The van der Waals surface area contributed by atoms with Gasteiger partial charge in [0.15, 0.2) is 0 Å². The first-order valence-electron chi connectivity index (χ1n) is 8.37. The van der Waals surface area contributed by atoms with Crippen LogP contribution >= 0.6 is 0 Å². The first kappa shape index (κ1) is 15.3. The van der Waals surface area contributed by atoms with Crippen molar-refractivity contribution in [1.82, 2.24) is 10.2 Å². The maximum Gasteiger partial charge on any atom is 0.101 e. The van der Waals surface area contributed by atoms with Gasteiger partial charge in [-0.3, -0.25) is 0 Å². The molecule has 25 heavy (non-hydrogen) atoms. The van der Waals surface area contributed by atoms with E-state index in [-0.39, 0.29) is 0 Å². The Morgan fingerprint density at radius 1 is 0.560 bits per heavy atom. The lowest BCUT2D eigenvalue weighted by Gasteiger charge is -2.11. The lowest BCUT2D eigenvalue weighted by molar-refractivity contribution is 1.05. The molecule has 0 saturated carbocycles. The molecule has 0 fully saturated rings. The van der Waals surface area contributed by atoms with E-state index in [1.54, 1.807) is 0 Å². The second-order valence-electron chi connectivity index (χ2n) is 6.09. The van der Waals surface area contributed by atoms with Gasteiger partial charge in [-0.25, -0.2) is 0 Å². The third kappa shape index (κ3) is 3.20. The Bertz CT molecular complexity index is 993. The Hall–Kier alpha value is -3.26. The molecule has 1 heterocycles. The predicted molar refractivity (Wildman–Crippen MR) is 103 cm³/mol. The molecule has 0 aliphatic carbocycles. The van der Waals surface area contributed by atoms with Crippen molar-refractivity contribution in [3.8, 4) is 33.6 Å². The highest BCUT2D eigenvalue weighted by molar-refractivity contribution is 5.83. The van der Waals surface area contributed by atoms with Gasteiger partial charge in [0.25, 0.3) is 0 Å². The van der Waals surface area contributed by atoms with Crippen LogP contribution < -0.4 is 0 Å². The maximum atomic E-state index is 4.59. The molecule has 0 aliphatic rings. The van der Waals surface area contributed by atoms with Crippen LogP contribution in [-0.4, -0.2) is 10.2 Å². The molecule has 1 aromatic heterocycles. The highest BCUT2D eigenvalue weighted by Gasteiger charge is 2.12. The highest BCUT2D eigenvalue weighted by Crippen LogP contribution is 2.32. The smallest absolute Gasteiger partial charge is 0.101 e. The van der Waals surface area contributed by atoms with Gasteiger partial charge in [0, 0.05) is 16.7 Å². The Kier molecular flexibility index (Phi) is 4.09. The summed E-state index contributed by atoms with van der Waals surface area (Å²) in [6, 6.07) is 31.1. The van der Waals surface area contributed by atoms with E-state index in [0.29, 0.717) is 0 Å². The molecule has 3 aromatic carbocycles. The highest BCUT2D eigenvalue weighted by atomic mass is 15.1. The molecule has 0 bridgehead atoms. The fraction of sp³-hybridized carbons (Fsp3) is 0.0435. The van der Waals surface area contributed by atoms with Gasteiger partial charge in [-0.15, -0.1) is 10.2 Å². The third-order valence-electron chi connectivity index (χ3n) is 4.24. The summed E-state index contributed by atoms with van der Waals surface area (Å²) in [5.74, 6) is 0. The number of hydrogen-bond acceptors (Lipinski definition) is 2. The molecule has 120 valence electrons. The first-order chi connectivity index (χ1) is 12.3. The summed E-state index contributed by atoms with van der Waals surface area (Å²) < 4.78 is 0. The first-order valence-corrected chi connectivity index (χ1v) is 8.37. The van der Waals surface area contributed by atoms with Crippen molar-refractivity contribution in [3.63, 3.8) is 0 Å². The van der Waals surface area contributed by atoms with E-state index < -0.39 is 0 Å². The van der Waals surface area contributed by atoms with Crippen LogP contribution in [0.2, 0.25) is 0 Å². The molecule has 2 nitrogen and oxygen atoms in total. The van der Waals surface area contributed by atoms with E-state index in [0.717, 1.165) is 33.6 Å². The van der Waals surface area contributed by atoms with E-state index in [2.05, 4.69) is 83.9 Å². The SMILES string of the molecule is Cc1cccc(-c2nnc(-c3ccccc3)cc2-c2ccccc2)c1. The van der Waals surface area contributed by atoms with E-state index in [1.165, 1.54) is 5.56 Å². The molecule has 0 radical (unpaired) electrons. The van der Waals surface area contributed by atoms with Crippen molar-refractivity contribution >= 4 is 0 Å². The summed E-state index contributed by atoms with van der Waals surface area (Å²) in [5.41, 5.74) is 7.41. The average Bonchev–Trinajstić information content (AvgIpc) is 2.69. The van der Waals surface area contributed by atoms with Crippen LogP contribution in [0.25, 0.3) is 33.6 Å². The van der Waals surface area contributed by atoms with Crippen molar-refractivity contribution in [3.05, 3.63) is 96.6 Å². The molecule has 0 spiro atoms. The molecule has 0 unspecified atom stereocenters. The Morgan fingerprint density at radius 2 is 1.20 bits per heavy atom. The average molecular weight is 322 g/mol. The second kappa shape index (κ2) is 6.70. The molecule has 0 saturated heterocycles. The maximum absolute atomic E-state index is 4.59. The molecule has 4 rings (SSSR count). The molecule has 2 heteroatoms. The molecular formula is C23H18N2. The normalized spacial score (nSPS) is 10.6. The summed E-state index contributed by atoms with van der Waals surface area (Å²) in [5, 5.41) is 9.08. The minimum absolute atomic E-state index is 0.885. The van der Waals surface area contributed by atoms with E-state index in [9.17, 15) is 0 Å². The van der Waals surface area contributed by atoms with Crippen LogP contribution in [0, 0.1) is 6.92 Å². The van der Waals surface area contributed by atoms with Crippen LogP contribution in [0.1, 0.15) is 5.56 Å². The zero-order chi connectivity index (χ0) is 17.1. The number of benzene rings is 3. The molecule has 0 aliphatic heterocycles. The van der Waals surface area contributed by atoms with Crippen LogP contribution in [0.3, 0.4) is 0 Å². The molecule has 0 N–H and O–H groups in total. The number of rotatable bonds is 3. The minimum atomic E-state index is 0.885. The van der Waals surface area contributed by atoms with Gasteiger partial charge in [0.1, 0.15) is 5.69 Å². The largest absolute Gasteiger partial charge is 0.150 e. The molecule has 4 aromatic rings. The van der Waals surface area contributed by atoms with E-state index in [4.69, 9.17) is 0 Å². The fourth-order valence-electron chi connectivity index (χ4n) is 2.99. The fourth-order valence-corrected chi connectivity index (χ4v) is 2.99. The van der Waals surface area contributed by atoms with Crippen molar-refractivity contribution < 1.29 is 0 Å². The second-order valence-corrected chi connectivity index (χ2v) is 6.09. The van der Waals surface area contributed by atoms with Crippen LogP contribution in [0.5, 0.6) is 0 Å². The molecule has 0 amide bonds. The van der Waals surface area contributed by atoms with Gasteiger partial charge in [-0.2, -0.15) is 0 Å². The zero-order valence-corrected chi connectivity index (χ0v) is 14.1. The quantitative estimate of drug-likeness (QED) is 0.477. The van der Waals surface area contributed by atoms with E-state index >= 15 is 0 Å². The van der Waals surface area contributed by atoms with Gasteiger partial charge < -0.3 is 0 Å². The van der Waals surface area contributed by atoms with Crippen LogP contribution in [-0.2, 0) is 0 Å². The van der Waals surface area contributed by atoms with Crippen molar-refractivity contribution in [2.24, 2.45) is 0 Å². The molecule has 0 atom stereocenters. The molecular weight excluding hydrogens is 304 g/mol. The van der Waals surface area contributed by atoms with Crippen LogP contribution in [0.15, 0.2) is 91.0 Å². The van der Waals surface area contributed by atoms with E-state index in [1.807, 2.05) is 24.3 Å².